The lowest BCUT2D eigenvalue weighted by molar-refractivity contribution is 0.399. The van der Waals surface area contributed by atoms with Crippen LogP contribution in [0, 0.1) is 0 Å². The lowest BCUT2D eigenvalue weighted by atomic mass is 10.1. The average Bonchev–Trinajstić information content (AvgIpc) is 2.78. The molecular weight excluding hydrogens is 210 g/mol. The van der Waals surface area contributed by atoms with Crippen molar-refractivity contribution in [3.05, 3.63) is 30.6 Å². The van der Waals surface area contributed by atoms with Crippen molar-refractivity contribution in [2.45, 2.75) is 39.3 Å². The molecule has 3 nitrogen and oxygen atoms in total. The first-order valence-corrected chi connectivity index (χ1v) is 6.39. The maximum Gasteiger partial charge on any atom is 0.0961 e. The fourth-order valence-corrected chi connectivity index (χ4v) is 2.09. The van der Waals surface area contributed by atoms with Gasteiger partial charge in [0.25, 0.3) is 0 Å². The topological polar surface area (TPSA) is 29.9 Å². The van der Waals surface area contributed by atoms with E-state index in [1.165, 1.54) is 11.9 Å². The van der Waals surface area contributed by atoms with Gasteiger partial charge in [-0.2, -0.15) is 0 Å². The van der Waals surface area contributed by atoms with Gasteiger partial charge < -0.3 is 9.88 Å². The van der Waals surface area contributed by atoms with Gasteiger partial charge in [0.05, 0.1) is 17.4 Å². The Kier molecular flexibility index (Phi) is 3.79. The molecule has 2 rings (SSSR count). The van der Waals surface area contributed by atoms with Gasteiger partial charge in [0.2, 0.25) is 0 Å². The number of benzene rings is 1. The summed E-state index contributed by atoms with van der Waals surface area (Å²) in [4.78, 5) is 4.44. The van der Waals surface area contributed by atoms with E-state index >= 15 is 0 Å². The number of para-hydroxylation sites is 2. The van der Waals surface area contributed by atoms with Crippen LogP contribution in [0.1, 0.15) is 33.2 Å². The van der Waals surface area contributed by atoms with E-state index in [9.17, 15) is 0 Å². The van der Waals surface area contributed by atoms with Gasteiger partial charge in [-0.05, 0) is 38.9 Å². The zero-order valence-electron chi connectivity index (χ0n) is 10.9. The summed E-state index contributed by atoms with van der Waals surface area (Å²) in [6.45, 7) is 7.73. The fourth-order valence-electron chi connectivity index (χ4n) is 2.09. The minimum absolute atomic E-state index is 0.411. The molecule has 1 N–H and O–H groups in total. The van der Waals surface area contributed by atoms with E-state index < -0.39 is 0 Å². The smallest absolute Gasteiger partial charge is 0.0961 e. The summed E-state index contributed by atoms with van der Waals surface area (Å²) in [5, 5.41) is 3.54. The minimum atomic E-state index is 0.411. The van der Waals surface area contributed by atoms with Crippen LogP contribution in [-0.4, -0.2) is 22.1 Å². The van der Waals surface area contributed by atoms with Crippen molar-refractivity contribution < 1.29 is 0 Å². The molecule has 0 spiro atoms. The third-order valence-electron chi connectivity index (χ3n) is 3.36. The molecule has 1 heterocycles. The quantitative estimate of drug-likeness (QED) is 0.857. The van der Waals surface area contributed by atoms with Crippen LogP contribution in [0.3, 0.4) is 0 Å². The number of aromatic nitrogens is 2. The Morgan fingerprint density at radius 3 is 2.82 bits per heavy atom. The van der Waals surface area contributed by atoms with Gasteiger partial charge in [0, 0.05) is 12.1 Å². The molecule has 2 atom stereocenters. The molecule has 0 aliphatic rings. The Morgan fingerprint density at radius 2 is 2.06 bits per heavy atom. The molecule has 0 fully saturated rings. The number of rotatable bonds is 5. The maximum atomic E-state index is 4.44. The Bertz CT molecular complexity index is 475. The number of nitrogens with zero attached hydrogens (tertiary/aromatic N) is 2. The summed E-state index contributed by atoms with van der Waals surface area (Å²) in [5.41, 5.74) is 2.28. The number of hydrogen-bond acceptors (Lipinski definition) is 2. The number of hydrogen-bond donors (Lipinski definition) is 1. The predicted molar refractivity (Wildman–Crippen MR) is 72.2 cm³/mol. The molecule has 2 aromatic rings. The molecule has 0 radical (unpaired) electrons. The molecule has 1 aromatic heterocycles. The lowest BCUT2D eigenvalue weighted by Crippen LogP contribution is -2.33. The third kappa shape index (κ3) is 2.50. The second-order valence-corrected chi connectivity index (χ2v) is 4.62. The predicted octanol–water partition coefficient (Wildman–Crippen LogP) is 2.99. The zero-order chi connectivity index (χ0) is 12.3. The van der Waals surface area contributed by atoms with E-state index in [0.717, 1.165) is 12.1 Å². The highest BCUT2D eigenvalue weighted by atomic mass is 15.1. The fraction of sp³-hybridized carbons (Fsp3) is 0.500. The zero-order valence-corrected chi connectivity index (χ0v) is 10.9. The van der Waals surface area contributed by atoms with Crippen LogP contribution in [0.5, 0.6) is 0 Å². The summed E-state index contributed by atoms with van der Waals surface area (Å²) in [6, 6.07) is 9.15. The number of imidazole rings is 1. The minimum Gasteiger partial charge on any atom is -0.326 e. The van der Waals surface area contributed by atoms with Crippen LogP contribution in [0.4, 0.5) is 0 Å². The van der Waals surface area contributed by atoms with E-state index in [4.69, 9.17) is 0 Å². The Balaban J connectivity index is 2.21. The van der Waals surface area contributed by atoms with E-state index in [0.29, 0.717) is 12.1 Å². The van der Waals surface area contributed by atoms with Crippen LogP contribution >= 0.6 is 0 Å². The summed E-state index contributed by atoms with van der Waals surface area (Å²) in [7, 11) is 0. The normalized spacial score (nSPS) is 15.0. The van der Waals surface area contributed by atoms with Crippen molar-refractivity contribution in [2.24, 2.45) is 0 Å². The second-order valence-electron chi connectivity index (χ2n) is 4.62. The van der Waals surface area contributed by atoms with E-state index in [2.05, 4.69) is 53.8 Å². The van der Waals surface area contributed by atoms with Crippen LogP contribution in [0.15, 0.2) is 30.6 Å². The third-order valence-corrected chi connectivity index (χ3v) is 3.36. The van der Waals surface area contributed by atoms with Crippen molar-refractivity contribution in [3.8, 4) is 0 Å². The van der Waals surface area contributed by atoms with Gasteiger partial charge in [-0.1, -0.05) is 19.1 Å². The Morgan fingerprint density at radius 1 is 1.29 bits per heavy atom. The molecule has 0 saturated carbocycles. The SMILES string of the molecule is CCCNC(C)C(C)n1cnc2ccccc21. The number of fused-ring (bicyclic) bond motifs is 1. The van der Waals surface area contributed by atoms with Gasteiger partial charge in [-0.25, -0.2) is 4.98 Å². The first-order chi connectivity index (χ1) is 8.24. The monoisotopic (exact) mass is 231 g/mol. The maximum absolute atomic E-state index is 4.44. The van der Waals surface area contributed by atoms with Crippen molar-refractivity contribution in [2.75, 3.05) is 6.54 Å². The van der Waals surface area contributed by atoms with Crippen LogP contribution in [0.25, 0.3) is 11.0 Å². The Labute approximate surface area is 103 Å². The molecule has 0 amide bonds. The van der Waals surface area contributed by atoms with E-state index in [1.807, 2.05) is 12.4 Å². The van der Waals surface area contributed by atoms with Crippen molar-refractivity contribution in [1.82, 2.24) is 14.9 Å². The van der Waals surface area contributed by atoms with Gasteiger partial charge >= 0.3 is 0 Å². The van der Waals surface area contributed by atoms with Gasteiger partial charge in [0.15, 0.2) is 0 Å². The number of nitrogens with one attached hydrogen (secondary N) is 1. The largest absolute Gasteiger partial charge is 0.326 e. The average molecular weight is 231 g/mol. The first kappa shape index (κ1) is 12.1. The molecule has 0 aliphatic heterocycles. The lowest BCUT2D eigenvalue weighted by Gasteiger charge is -2.23. The molecule has 0 aliphatic carbocycles. The van der Waals surface area contributed by atoms with E-state index in [1.54, 1.807) is 0 Å². The van der Waals surface area contributed by atoms with Gasteiger partial charge in [-0.3, -0.25) is 0 Å². The summed E-state index contributed by atoms with van der Waals surface area (Å²) >= 11 is 0. The molecular formula is C14H21N3. The molecule has 0 bridgehead atoms. The molecule has 17 heavy (non-hydrogen) atoms. The highest BCUT2D eigenvalue weighted by Gasteiger charge is 2.15. The van der Waals surface area contributed by atoms with Crippen LogP contribution in [0.2, 0.25) is 0 Å². The van der Waals surface area contributed by atoms with Crippen LogP contribution < -0.4 is 5.32 Å². The van der Waals surface area contributed by atoms with E-state index in [-0.39, 0.29) is 0 Å². The molecule has 2 unspecified atom stereocenters. The van der Waals surface area contributed by atoms with Crippen molar-refractivity contribution >= 4 is 11.0 Å². The van der Waals surface area contributed by atoms with Crippen LogP contribution in [-0.2, 0) is 0 Å². The van der Waals surface area contributed by atoms with Crippen molar-refractivity contribution in [1.29, 1.82) is 0 Å². The second kappa shape index (κ2) is 5.32. The molecule has 3 heteroatoms. The van der Waals surface area contributed by atoms with Crippen molar-refractivity contribution in [3.63, 3.8) is 0 Å². The first-order valence-electron chi connectivity index (χ1n) is 6.39. The molecule has 0 saturated heterocycles. The highest BCUT2D eigenvalue weighted by Crippen LogP contribution is 2.19. The molecule has 1 aromatic carbocycles. The Hall–Kier alpha value is -1.35. The standard InChI is InChI=1S/C14H21N3/c1-4-9-15-11(2)12(3)17-10-16-13-7-5-6-8-14(13)17/h5-8,10-12,15H,4,9H2,1-3H3. The summed E-state index contributed by atoms with van der Waals surface area (Å²) < 4.78 is 2.25. The summed E-state index contributed by atoms with van der Waals surface area (Å²) in [6.07, 6.45) is 3.11. The molecule has 92 valence electrons. The highest BCUT2D eigenvalue weighted by molar-refractivity contribution is 5.75. The van der Waals surface area contributed by atoms with Gasteiger partial charge in [0.1, 0.15) is 0 Å². The van der Waals surface area contributed by atoms with Gasteiger partial charge in [-0.15, -0.1) is 0 Å². The summed E-state index contributed by atoms with van der Waals surface area (Å²) in [5.74, 6) is 0.